The molecule has 1 heterocycles. The van der Waals surface area contributed by atoms with E-state index in [1.165, 1.54) is 24.1 Å². The molecule has 0 aliphatic carbocycles. The number of ether oxygens (including phenoxy) is 1. The highest BCUT2D eigenvalue weighted by Crippen LogP contribution is 2.28. The van der Waals surface area contributed by atoms with Crippen molar-refractivity contribution in [1.82, 2.24) is 0 Å². The molecule has 7 nitrogen and oxygen atoms in total. The van der Waals surface area contributed by atoms with Crippen molar-refractivity contribution in [2.75, 3.05) is 25.5 Å². The predicted molar refractivity (Wildman–Crippen MR) is 86.8 cm³/mol. The summed E-state index contributed by atoms with van der Waals surface area (Å²) in [5, 5.41) is 13.9. The Morgan fingerprint density at radius 1 is 1.43 bits per heavy atom. The maximum Gasteiger partial charge on any atom is 0.296 e. The van der Waals surface area contributed by atoms with E-state index < -0.39 is 4.92 Å². The van der Waals surface area contributed by atoms with Crippen LogP contribution in [0.15, 0.2) is 18.2 Å². The quantitative estimate of drug-likeness (QED) is 0.631. The summed E-state index contributed by atoms with van der Waals surface area (Å²) in [6, 6.07) is 4.19. The van der Waals surface area contributed by atoms with Crippen molar-refractivity contribution in [2.45, 2.75) is 32.7 Å². The molecule has 1 aliphatic heterocycles. The summed E-state index contributed by atoms with van der Waals surface area (Å²) in [5.74, 6) is 0.901. The van der Waals surface area contributed by atoms with Crippen LogP contribution in [0.1, 0.15) is 26.7 Å². The summed E-state index contributed by atoms with van der Waals surface area (Å²) in [6.45, 7) is 6.01. The maximum atomic E-state index is 12.4. The highest BCUT2D eigenvalue weighted by atomic mass is 16.6. The van der Waals surface area contributed by atoms with Gasteiger partial charge in [0.2, 0.25) is 0 Å². The second-order valence-electron chi connectivity index (χ2n) is 6.19. The number of piperidine rings is 1. The Morgan fingerprint density at radius 2 is 2.09 bits per heavy atom. The molecule has 1 aromatic carbocycles. The van der Waals surface area contributed by atoms with E-state index >= 15 is 0 Å². The molecular weight excluding hydrogens is 298 g/mol. The van der Waals surface area contributed by atoms with Gasteiger partial charge in [-0.05, 0) is 37.8 Å². The number of nitrogens with one attached hydrogen (secondary N) is 2. The molecule has 126 valence electrons. The molecule has 2 rings (SSSR count). The van der Waals surface area contributed by atoms with E-state index in [4.69, 9.17) is 4.74 Å². The van der Waals surface area contributed by atoms with Gasteiger partial charge >= 0.3 is 0 Å². The summed E-state index contributed by atoms with van der Waals surface area (Å²) in [5.41, 5.74) is 0.0459. The van der Waals surface area contributed by atoms with Crippen molar-refractivity contribution < 1.29 is 19.4 Å². The molecule has 23 heavy (non-hydrogen) atoms. The van der Waals surface area contributed by atoms with Crippen LogP contribution < -0.4 is 15.0 Å². The fourth-order valence-electron chi connectivity index (χ4n) is 2.89. The lowest BCUT2D eigenvalue weighted by Gasteiger charge is -2.31. The van der Waals surface area contributed by atoms with E-state index in [0.717, 1.165) is 25.9 Å². The lowest BCUT2D eigenvalue weighted by molar-refractivity contribution is -0.919. The lowest BCUT2D eigenvalue weighted by Crippen LogP contribution is -3.17. The number of rotatable bonds is 5. The van der Waals surface area contributed by atoms with Gasteiger partial charge in [0.25, 0.3) is 11.6 Å². The minimum atomic E-state index is -0.516. The zero-order valence-electron chi connectivity index (χ0n) is 13.8. The first kappa shape index (κ1) is 17.2. The number of hydrogen-bond donors (Lipinski definition) is 2. The number of anilines is 1. The van der Waals surface area contributed by atoms with Crippen molar-refractivity contribution in [3.8, 4) is 5.75 Å². The highest BCUT2D eigenvalue weighted by molar-refractivity contribution is 5.95. The molecular formula is C16H24N3O4+. The zero-order chi connectivity index (χ0) is 17.0. The number of amides is 1. The molecule has 1 aliphatic rings. The van der Waals surface area contributed by atoms with Gasteiger partial charge < -0.3 is 15.0 Å². The number of methoxy groups -OCH3 is 1. The molecule has 7 heteroatoms. The molecule has 1 fully saturated rings. The first-order chi connectivity index (χ1) is 10.9. The summed E-state index contributed by atoms with van der Waals surface area (Å²) < 4.78 is 5.00. The predicted octanol–water partition coefficient (Wildman–Crippen LogP) is 1.25. The number of quaternary nitrogens is 1. The van der Waals surface area contributed by atoms with Gasteiger partial charge in [-0.25, -0.2) is 0 Å². The summed E-state index contributed by atoms with van der Waals surface area (Å²) >= 11 is 0. The first-order valence-corrected chi connectivity index (χ1v) is 7.90. The first-order valence-electron chi connectivity index (χ1n) is 7.90. The second kappa shape index (κ2) is 7.41. The molecule has 0 radical (unpaired) electrons. The topological polar surface area (TPSA) is 85.9 Å². The molecule has 2 N–H and O–H groups in total. The number of likely N-dealkylation sites (tertiary alicyclic amines) is 1. The van der Waals surface area contributed by atoms with Gasteiger partial charge in [0, 0.05) is 0 Å². The number of carbonyl (C=O) groups excluding carboxylic acids is 1. The van der Waals surface area contributed by atoms with E-state index in [9.17, 15) is 14.9 Å². The molecule has 1 atom stereocenters. The molecule has 0 spiro atoms. The van der Waals surface area contributed by atoms with E-state index in [1.807, 2.05) is 6.92 Å². The Labute approximate surface area is 135 Å². The summed E-state index contributed by atoms with van der Waals surface area (Å²) in [6.07, 6.45) is 2.21. The normalized spacial score (nSPS) is 22.2. The largest absolute Gasteiger partial charge is 0.496 e. The average Bonchev–Trinajstić information content (AvgIpc) is 2.55. The molecule has 0 unspecified atom stereocenters. The van der Waals surface area contributed by atoms with E-state index in [-0.39, 0.29) is 23.3 Å². The third-order valence-corrected chi connectivity index (χ3v) is 4.58. The van der Waals surface area contributed by atoms with Gasteiger partial charge in [-0.2, -0.15) is 0 Å². The molecule has 1 aromatic rings. The number of nitrogens with zero attached hydrogens (tertiary/aromatic N) is 1. The molecule has 0 aromatic heterocycles. The van der Waals surface area contributed by atoms with Crippen molar-refractivity contribution >= 4 is 17.3 Å². The van der Waals surface area contributed by atoms with Crippen LogP contribution in [0.3, 0.4) is 0 Å². The number of benzene rings is 1. The molecule has 0 bridgehead atoms. The Hall–Kier alpha value is -2.15. The fraction of sp³-hybridized carbons (Fsp3) is 0.562. The number of nitro groups is 1. The van der Waals surface area contributed by atoms with Crippen LogP contribution in [0.4, 0.5) is 11.4 Å². The monoisotopic (exact) mass is 322 g/mol. The summed E-state index contributed by atoms with van der Waals surface area (Å²) in [4.78, 5) is 24.3. The van der Waals surface area contributed by atoms with Gasteiger partial charge in [0.05, 0.1) is 31.2 Å². The van der Waals surface area contributed by atoms with Crippen LogP contribution in [0.25, 0.3) is 0 Å². The number of carbonyl (C=O) groups is 1. The Balaban J connectivity index is 2.09. The van der Waals surface area contributed by atoms with Gasteiger partial charge in [0.15, 0.2) is 6.04 Å². The SMILES string of the molecule is COc1ccc(NC(=O)[C@H](C)[NH+]2CCC(C)CC2)c([N+](=O)[O-])c1. The van der Waals surface area contributed by atoms with Crippen LogP contribution in [0, 0.1) is 16.0 Å². The highest BCUT2D eigenvalue weighted by Gasteiger charge is 2.30. The van der Waals surface area contributed by atoms with Crippen LogP contribution in [0.2, 0.25) is 0 Å². The van der Waals surface area contributed by atoms with E-state index in [0.29, 0.717) is 11.7 Å². The maximum absolute atomic E-state index is 12.4. The standard InChI is InChI=1S/C16H23N3O4/c1-11-6-8-18(9-7-11)12(2)16(20)17-14-5-4-13(23-3)10-15(14)19(21)22/h4-5,10-12H,6-9H2,1-3H3,(H,17,20)/p+1/t12-/m0/s1. The molecule has 1 saturated heterocycles. The van der Waals surface area contributed by atoms with Crippen molar-refractivity contribution in [3.63, 3.8) is 0 Å². The van der Waals surface area contributed by atoms with Crippen molar-refractivity contribution in [3.05, 3.63) is 28.3 Å². The average molecular weight is 322 g/mol. The number of nitro benzene ring substituents is 1. The fourth-order valence-corrected chi connectivity index (χ4v) is 2.89. The third kappa shape index (κ3) is 4.19. The molecule has 1 amide bonds. The zero-order valence-corrected chi connectivity index (χ0v) is 13.8. The Kier molecular flexibility index (Phi) is 5.54. The smallest absolute Gasteiger partial charge is 0.296 e. The second-order valence-corrected chi connectivity index (χ2v) is 6.19. The van der Waals surface area contributed by atoms with E-state index in [1.54, 1.807) is 6.07 Å². The van der Waals surface area contributed by atoms with Crippen LogP contribution in [-0.4, -0.2) is 37.1 Å². The van der Waals surface area contributed by atoms with Crippen LogP contribution >= 0.6 is 0 Å². The summed E-state index contributed by atoms with van der Waals surface area (Å²) in [7, 11) is 1.44. The van der Waals surface area contributed by atoms with Gasteiger partial charge in [-0.1, -0.05) is 6.92 Å². The van der Waals surface area contributed by atoms with Crippen LogP contribution in [-0.2, 0) is 4.79 Å². The minimum absolute atomic E-state index is 0.160. The Bertz CT molecular complexity index is 583. The third-order valence-electron chi connectivity index (χ3n) is 4.58. The van der Waals surface area contributed by atoms with Gasteiger partial charge in [-0.15, -0.1) is 0 Å². The van der Waals surface area contributed by atoms with E-state index in [2.05, 4.69) is 12.2 Å². The van der Waals surface area contributed by atoms with Crippen molar-refractivity contribution in [2.24, 2.45) is 5.92 Å². The minimum Gasteiger partial charge on any atom is -0.496 e. The van der Waals surface area contributed by atoms with Crippen LogP contribution in [0.5, 0.6) is 5.75 Å². The molecule has 0 saturated carbocycles. The lowest BCUT2D eigenvalue weighted by atomic mass is 9.98. The van der Waals surface area contributed by atoms with Gasteiger partial charge in [0.1, 0.15) is 11.4 Å². The van der Waals surface area contributed by atoms with Crippen molar-refractivity contribution in [1.29, 1.82) is 0 Å². The van der Waals surface area contributed by atoms with Gasteiger partial charge in [-0.3, -0.25) is 14.9 Å². The Morgan fingerprint density at radius 3 is 2.65 bits per heavy atom. The number of hydrogen-bond acceptors (Lipinski definition) is 4.